The molecular weight excluding hydrogens is 327 g/mol. The molecule has 1 nitrogen and oxygen atoms in total. The highest BCUT2D eigenvalue weighted by molar-refractivity contribution is 9.11. The van der Waals surface area contributed by atoms with E-state index in [2.05, 4.69) is 15.9 Å². The second-order valence-corrected chi connectivity index (χ2v) is 6.52. The molecule has 0 bridgehead atoms. The van der Waals surface area contributed by atoms with Crippen molar-refractivity contribution >= 4 is 44.7 Å². The molecule has 0 aliphatic carbocycles. The van der Waals surface area contributed by atoms with Crippen LogP contribution in [0.15, 0.2) is 28.1 Å². The predicted molar refractivity (Wildman–Crippen MR) is 71.6 cm³/mol. The third kappa shape index (κ3) is 2.59. The summed E-state index contributed by atoms with van der Waals surface area (Å²) in [4.78, 5) is 13.1. The summed E-state index contributed by atoms with van der Waals surface area (Å²) in [5, 5.41) is 0.136. The highest BCUT2D eigenvalue weighted by atomic mass is 79.9. The molecule has 1 aromatic carbocycles. The first-order valence-corrected chi connectivity index (χ1v) is 6.73. The predicted octanol–water partition coefficient (Wildman–Crippen LogP) is 4.84. The molecule has 2 rings (SSSR count). The molecule has 2 aromatic rings. The van der Waals surface area contributed by atoms with Crippen molar-refractivity contribution in [3.05, 3.63) is 54.9 Å². The van der Waals surface area contributed by atoms with Gasteiger partial charge in [0.05, 0.1) is 8.81 Å². The van der Waals surface area contributed by atoms with Crippen molar-refractivity contribution in [2.24, 2.45) is 0 Å². The maximum atomic E-state index is 12.9. The summed E-state index contributed by atoms with van der Waals surface area (Å²) in [5.74, 6) is -0.635. The number of aryl methyl sites for hydroxylation is 1. The van der Waals surface area contributed by atoms with E-state index in [4.69, 9.17) is 11.6 Å². The van der Waals surface area contributed by atoms with Gasteiger partial charge in [0.25, 0.3) is 0 Å². The Bertz CT molecular complexity index is 594. The smallest absolute Gasteiger partial charge is 0.195 e. The highest BCUT2D eigenvalue weighted by Crippen LogP contribution is 2.29. The molecule has 0 unspecified atom stereocenters. The maximum Gasteiger partial charge on any atom is 0.195 e. The largest absolute Gasteiger partial charge is 0.289 e. The number of carbonyl (C=O) groups is 1. The van der Waals surface area contributed by atoms with E-state index in [9.17, 15) is 9.18 Å². The zero-order valence-corrected chi connectivity index (χ0v) is 11.9. The molecule has 5 heteroatoms. The summed E-state index contributed by atoms with van der Waals surface area (Å²) in [6.07, 6.45) is 0. The number of hydrogen-bond donors (Lipinski definition) is 0. The lowest BCUT2D eigenvalue weighted by Crippen LogP contribution is -2.02. The SMILES string of the molecule is Cc1sc(Br)cc1C(=O)c1ccc(F)cc1Cl. The van der Waals surface area contributed by atoms with Crippen molar-refractivity contribution in [1.82, 2.24) is 0 Å². The fraction of sp³-hybridized carbons (Fsp3) is 0.0833. The van der Waals surface area contributed by atoms with E-state index < -0.39 is 5.82 Å². The third-order valence-electron chi connectivity index (χ3n) is 2.31. The van der Waals surface area contributed by atoms with Gasteiger partial charge in [-0.05, 0) is 47.1 Å². The van der Waals surface area contributed by atoms with Crippen molar-refractivity contribution in [2.75, 3.05) is 0 Å². The molecule has 0 atom stereocenters. The van der Waals surface area contributed by atoms with Gasteiger partial charge in [0.2, 0.25) is 0 Å². The number of benzene rings is 1. The zero-order valence-electron chi connectivity index (χ0n) is 8.76. The van der Waals surface area contributed by atoms with Crippen LogP contribution in [0.1, 0.15) is 20.8 Å². The molecule has 17 heavy (non-hydrogen) atoms. The second kappa shape index (κ2) is 4.88. The van der Waals surface area contributed by atoms with Crippen molar-refractivity contribution in [2.45, 2.75) is 6.92 Å². The number of hydrogen-bond acceptors (Lipinski definition) is 2. The molecular formula is C12H7BrClFOS. The first kappa shape index (κ1) is 12.7. The highest BCUT2D eigenvalue weighted by Gasteiger charge is 2.17. The summed E-state index contributed by atoms with van der Waals surface area (Å²) in [6.45, 7) is 1.86. The van der Waals surface area contributed by atoms with E-state index in [0.717, 1.165) is 14.7 Å². The maximum absolute atomic E-state index is 12.9. The van der Waals surface area contributed by atoms with Crippen LogP contribution in [-0.2, 0) is 0 Å². The standard InChI is InChI=1S/C12H7BrClFOS/c1-6-9(5-11(13)17-6)12(16)8-3-2-7(15)4-10(8)14/h2-5H,1H3. The lowest BCUT2D eigenvalue weighted by molar-refractivity contribution is 0.103. The molecule has 0 N–H and O–H groups in total. The zero-order chi connectivity index (χ0) is 12.6. The Morgan fingerprint density at radius 2 is 2.06 bits per heavy atom. The topological polar surface area (TPSA) is 17.1 Å². The minimum Gasteiger partial charge on any atom is -0.289 e. The van der Waals surface area contributed by atoms with Gasteiger partial charge in [0, 0.05) is 16.0 Å². The summed E-state index contributed by atoms with van der Waals surface area (Å²) in [6, 6.07) is 5.54. The van der Waals surface area contributed by atoms with Gasteiger partial charge in [-0.3, -0.25) is 4.79 Å². The average molecular weight is 334 g/mol. The second-order valence-electron chi connectivity index (χ2n) is 3.47. The van der Waals surface area contributed by atoms with Gasteiger partial charge < -0.3 is 0 Å². The van der Waals surface area contributed by atoms with Crippen molar-refractivity contribution < 1.29 is 9.18 Å². The third-order valence-corrected chi connectivity index (χ3v) is 4.17. The molecule has 0 aliphatic heterocycles. The molecule has 1 aromatic heterocycles. The van der Waals surface area contributed by atoms with Gasteiger partial charge in [-0.1, -0.05) is 11.6 Å². The summed E-state index contributed by atoms with van der Waals surface area (Å²) >= 11 is 10.7. The van der Waals surface area contributed by atoms with Gasteiger partial charge in [-0.15, -0.1) is 11.3 Å². The van der Waals surface area contributed by atoms with Crippen LogP contribution >= 0.6 is 38.9 Å². The summed E-state index contributed by atoms with van der Waals surface area (Å²) < 4.78 is 13.8. The molecule has 0 radical (unpaired) electrons. The first-order chi connectivity index (χ1) is 7.99. The molecule has 0 saturated carbocycles. The monoisotopic (exact) mass is 332 g/mol. The Labute approximate surface area is 115 Å². The van der Waals surface area contributed by atoms with Gasteiger partial charge >= 0.3 is 0 Å². The average Bonchev–Trinajstić information content (AvgIpc) is 2.57. The van der Waals surface area contributed by atoms with E-state index in [-0.39, 0.29) is 10.8 Å². The van der Waals surface area contributed by atoms with Crippen LogP contribution in [0, 0.1) is 12.7 Å². The van der Waals surface area contributed by atoms with Crippen LogP contribution in [0.25, 0.3) is 0 Å². The van der Waals surface area contributed by atoms with Crippen molar-refractivity contribution in [3.63, 3.8) is 0 Å². The Kier molecular flexibility index (Phi) is 3.66. The number of ketones is 1. The lowest BCUT2D eigenvalue weighted by Gasteiger charge is -2.02. The van der Waals surface area contributed by atoms with E-state index in [0.29, 0.717) is 11.1 Å². The van der Waals surface area contributed by atoms with Crippen LogP contribution < -0.4 is 0 Å². The Morgan fingerprint density at radius 1 is 1.35 bits per heavy atom. The lowest BCUT2D eigenvalue weighted by atomic mass is 10.0. The fourth-order valence-electron chi connectivity index (χ4n) is 1.49. The molecule has 0 spiro atoms. The Morgan fingerprint density at radius 3 is 2.59 bits per heavy atom. The van der Waals surface area contributed by atoms with E-state index in [1.54, 1.807) is 6.07 Å². The van der Waals surface area contributed by atoms with Gasteiger partial charge in [0.1, 0.15) is 5.82 Å². The minimum absolute atomic E-state index is 0.136. The molecule has 0 amide bonds. The van der Waals surface area contributed by atoms with Gasteiger partial charge in [0.15, 0.2) is 5.78 Å². The quantitative estimate of drug-likeness (QED) is 0.719. The Balaban J connectivity index is 2.47. The van der Waals surface area contributed by atoms with Crippen molar-refractivity contribution in [3.8, 4) is 0 Å². The summed E-state index contributed by atoms with van der Waals surface area (Å²) in [5.41, 5.74) is 0.914. The minimum atomic E-state index is -0.449. The number of halogens is 3. The Hall–Kier alpha value is -0.710. The van der Waals surface area contributed by atoms with E-state index >= 15 is 0 Å². The normalized spacial score (nSPS) is 10.6. The molecule has 0 saturated heterocycles. The van der Waals surface area contributed by atoms with Crippen LogP contribution in [0.3, 0.4) is 0 Å². The van der Waals surface area contributed by atoms with Gasteiger partial charge in [-0.25, -0.2) is 4.39 Å². The molecule has 1 heterocycles. The molecule has 88 valence electrons. The number of thiophene rings is 1. The van der Waals surface area contributed by atoms with Crippen LogP contribution in [0.5, 0.6) is 0 Å². The van der Waals surface area contributed by atoms with E-state index in [1.165, 1.54) is 23.5 Å². The van der Waals surface area contributed by atoms with Crippen molar-refractivity contribution in [1.29, 1.82) is 0 Å². The van der Waals surface area contributed by atoms with Crippen LogP contribution in [0.2, 0.25) is 5.02 Å². The summed E-state index contributed by atoms with van der Waals surface area (Å²) in [7, 11) is 0. The van der Waals surface area contributed by atoms with Crippen LogP contribution in [-0.4, -0.2) is 5.78 Å². The molecule has 0 aliphatic rings. The fourth-order valence-corrected chi connectivity index (χ4v) is 3.43. The van der Waals surface area contributed by atoms with E-state index in [1.807, 2.05) is 6.92 Å². The first-order valence-electron chi connectivity index (χ1n) is 4.74. The number of rotatable bonds is 2. The number of carbonyl (C=O) groups excluding carboxylic acids is 1. The van der Waals surface area contributed by atoms with Gasteiger partial charge in [-0.2, -0.15) is 0 Å². The van der Waals surface area contributed by atoms with Crippen LogP contribution in [0.4, 0.5) is 4.39 Å². The molecule has 0 fully saturated rings.